The van der Waals surface area contributed by atoms with Crippen molar-refractivity contribution in [2.24, 2.45) is 0 Å². The van der Waals surface area contributed by atoms with Crippen molar-refractivity contribution in [1.29, 1.82) is 0 Å². The number of carbonyl (C=O) groups excluding carboxylic acids is 1. The maximum absolute atomic E-state index is 10.5. The number of aliphatic hydroxyl groups excluding tert-OH is 1. The molecule has 0 aliphatic carbocycles. The number of benzene rings is 1. The zero-order valence-electron chi connectivity index (χ0n) is 7.31. The Bertz CT molecular complexity index is 412. The molecule has 1 aromatic carbocycles. The Morgan fingerprint density at radius 3 is 3.00 bits per heavy atom. The predicted octanol–water partition coefficient (Wildman–Crippen LogP) is 0.562. The molecule has 0 radical (unpaired) electrons. The van der Waals surface area contributed by atoms with Gasteiger partial charge in [0.1, 0.15) is 5.75 Å². The summed E-state index contributed by atoms with van der Waals surface area (Å²) >= 11 is 0. The molecular weight excluding hydrogens is 182 g/mol. The van der Waals surface area contributed by atoms with Crippen LogP contribution < -0.4 is 10.5 Å². The van der Waals surface area contributed by atoms with E-state index in [1.54, 1.807) is 24.3 Å². The molecule has 0 spiro atoms. The Balaban J connectivity index is 2.50. The summed E-state index contributed by atoms with van der Waals surface area (Å²) in [5, 5.41) is 9.34. The number of aliphatic hydroxyl groups is 1. The summed E-state index contributed by atoms with van der Waals surface area (Å²) in [5.74, 6) is 0.489. The lowest BCUT2D eigenvalue weighted by Crippen LogP contribution is -2.22. The molecule has 1 heterocycles. The van der Waals surface area contributed by atoms with Crippen molar-refractivity contribution in [3.8, 4) is 5.75 Å². The molecular formula is C10H9NO3. The predicted molar refractivity (Wildman–Crippen MR) is 51.5 cm³/mol. The van der Waals surface area contributed by atoms with Crippen molar-refractivity contribution in [3.63, 3.8) is 0 Å². The van der Waals surface area contributed by atoms with Gasteiger partial charge in [-0.1, -0.05) is 0 Å². The van der Waals surface area contributed by atoms with Crippen molar-refractivity contribution in [2.45, 2.75) is 6.29 Å². The Hall–Kier alpha value is -1.81. The van der Waals surface area contributed by atoms with Crippen LogP contribution in [0.3, 0.4) is 0 Å². The van der Waals surface area contributed by atoms with Crippen molar-refractivity contribution < 1.29 is 14.6 Å². The van der Waals surface area contributed by atoms with Crippen LogP contribution in [0.15, 0.2) is 23.8 Å². The second kappa shape index (κ2) is 3.16. The molecule has 0 saturated carbocycles. The van der Waals surface area contributed by atoms with Gasteiger partial charge in [0.25, 0.3) is 0 Å². The molecule has 1 aliphatic heterocycles. The van der Waals surface area contributed by atoms with E-state index in [1.807, 2.05) is 0 Å². The van der Waals surface area contributed by atoms with Crippen LogP contribution in [0.4, 0.5) is 5.69 Å². The Labute approximate surface area is 80.6 Å². The number of hydrogen-bond donors (Lipinski definition) is 2. The van der Waals surface area contributed by atoms with E-state index in [-0.39, 0.29) is 5.57 Å². The van der Waals surface area contributed by atoms with Crippen LogP contribution in [-0.4, -0.2) is 17.7 Å². The first-order valence-electron chi connectivity index (χ1n) is 4.12. The van der Waals surface area contributed by atoms with Gasteiger partial charge in [0.05, 0.1) is 5.57 Å². The molecule has 4 heteroatoms. The molecule has 14 heavy (non-hydrogen) atoms. The molecule has 2 rings (SSSR count). The fourth-order valence-corrected chi connectivity index (χ4v) is 1.30. The third-order valence-corrected chi connectivity index (χ3v) is 2.02. The van der Waals surface area contributed by atoms with Crippen LogP contribution in [0.2, 0.25) is 0 Å². The maximum atomic E-state index is 10.5. The molecule has 0 saturated heterocycles. The van der Waals surface area contributed by atoms with E-state index in [0.29, 0.717) is 17.7 Å². The minimum Gasteiger partial charge on any atom is -0.460 e. The third kappa shape index (κ3) is 1.36. The first-order chi connectivity index (χ1) is 6.70. The molecule has 0 bridgehead atoms. The lowest BCUT2D eigenvalue weighted by molar-refractivity contribution is -0.107. The molecule has 72 valence electrons. The molecule has 4 nitrogen and oxygen atoms in total. The highest BCUT2D eigenvalue weighted by Gasteiger charge is 2.19. The number of nitrogen functional groups attached to an aromatic ring is 1. The van der Waals surface area contributed by atoms with Crippen molar-refractivity contribution in [2.75, 3.05) is 5.73 Å². The summed E-state index contributed by atoms with van der Waals surface area (Å²) in [6, 6.07) is 5.05. The molecule has 0 amide bonds. The average Bonchev–Trinajstić information content (AvgIpc) is 2.16. The number of carbonyl (C=O) groups is 1. The molecule has 0 fully saturated rings. The molecule has 0 aromatic heterocycles. The van der Waals surface area contributed by atoms with Gasteiger partial charge in [-0.25, -0.2) is 0 Å². The molecule has 1 aliphatic rings. The smallest absolute Gasteiger partial charge is 0.227 e. The summed E-state index contributed by atoms with van der Waals surface area (Å²) in [6.45, 7) is 0. The highest BCUT2D eigenvalue weighted by atomic mass is 16.6. The maximum Gasteiger partial charge on any atom is 0.227 e. The highest BCUT2D eigenvalue weighted by molar-refractivity contribution is 5.85. The summed E-state index contributed by atoms with van der Waals surface area (Å²) in [7, 11) is 0. The monoisotopic (exact) mass is 191 g/mol. The van der Waals surface area contributed by atoms with E-state index in [0.717, 1.165) is 5.56 Å². The number of fused-ring (bicyclic) bond motifs is 1. The summed E-state index contributed by atoms with van der Waals surface area (Å²) in [6.07, 6.45) is 0.960. The number of anilines is 1. The van der Waals surface area contributed by atoms with Gasteiger partial charge in [-0.05, 0) is 18.2 Å². The van der Waals surface area contributed by atoms with Gasteiger partial charge in [0.2, 0.25) is 6.29 Å². The first kappa shape index (κ1) is 8.77. The minimum absolute atomic E-state index is 0.210. The highest BCUT2D eigenvalue weighted by Crippen LogP contribution is 2.29. The van der Waals surface area contributed by atoms with E-state index in [2.05, 4.69) is 0 Å². The normalized spacial score (nSPS) is 19.2. The quantitative estimate of drug-likeness (QED) is 0.502. The van der Waals surface area contributed by atoms with Crippen molar-refractivity contribution in [3.05, 3.63) is 29.3 Å². The van der Waals surface area contributed by atoms with Gasteiger partial charge in [0.15, 0.2) is 6.29 Å². The SMILES string of the molecule is Nc1ccc2c(c1)OC(O)C(C=O)=C2. The molecule has 1 atom stereocenters. The van der Waals surface area contributed by atoms with Gasteiger partial charge >= 0.3 is 0 Å². The summed E-state index contributed by atoms with van der Waals surface area (Å²) < 4.78 is 5.09. The number of nitrogens with two attached hydrogens (primary N) is 1. The zero-order valence-corrected chi connectivity index (χ0v) is 7.31. The first-order valence-corrected chi connectivity index (χ1v) is 4.12. The Kier molecular flexibility index (Phi) is 1.98. The van der Waals surface area contributed by atoms with Gasteiger partial charge in [-0.15, -0.1) is 0 Å². The summed E-state index contributed by atoms with van der Waals surface area (Å²) in [4.78, 5) is 10.5. The zero-order chi connectivity index (χ0) is 10.1. The van der Waals surface area contributed by atoms with Crippen LogP contribution in [0, 0.1) is 0 Å². The number of ether oxygens (including phenoxy) is 1. The van der Waals surface area contributed by atoms with Crippen molar-refractivity contribution >= 4 is 18.0 Å². The van der Waals surface area contributed by atoms with Gasteiger partial charge in [0, 0.05) is 17.3 Å². The van der Waals surface area contributed by atoms with Gasteiger partial charge < -0.3 is 15.6 Å². The van der Waals surface area contributed by atoms with Gasteiger partial charge in [-0.2, -0.15) is 0 Å². The van der Waals surface area contributed by atoms with Crippen LogP contribution in [0.1, 0.15) is 5.56 Å². The van der Waals surface area contributed by atoms with E-state index in [4.69, 9.17) is 10.5 Å². The van der Waals surface area contributed by atoms with Crippen LogP contribution in [0.5, 0.6) is 5.75 Å². The second-order valence-corrected chi connectivity index (χ2v) is 3.03. The van der Waals surface area contributed by atoms with Crippen LogP contribution >= 0.6 is 0 Å². The van der Waals surface area contributed by atoms with Crippen LogP contribution in [-0.2, 0) is 4.79 Å². The number of aldehydes is 1. The molecule has 3 N–H and O–H groups in total. The average molecular weight is 191 g/mol. The van der Waals surface area contributed by atoms with Gasteiger partial charge in [-0.3, -0.25) is 4.79 Å². The van der Waals surface area contributed by atoms with E-state index < -0.39 is 6.29 Å². The number of rotatable bonds is 1. The Morgan fingerprint density at radius 1 is 1.50 bits per heavy atom. The fraction of sp³-hybridized carbons (Fsp3) is 0.100. The third-order valence-electron chi connectivity index (χ3n) is 2.02. The lowest BCUT2D eigenvalue weighted by Gasteiger charge is -2.20. The topological polar surface area (TPSA) is 72.6 Å². The molecule has 1 unspecified atom stereocenters. The summed E-state index contributed by atoms with van der Waals surface area (Å²) in [5.41, 5.74) is 7.05. The van der Waals surface area contributed by atoms with Crippen LogP contribution in [0.25, 0.3) is 6.08 Å². The van der Waals surface area contributed by atoms with Crippen molar-refractivity contribution in [1.82, 2.24) is 0 Å². The second-order valence-electron chi connectivity index (χ2n) is 3.03. The fourth-order valence-electron chi connectivity index (χ4n) is 1.30. The van der Waals surface area contributed by atoms with E-state index in [9.17, 15) is 9.90 Å². The minimum atomic E-state index is -1.19. The largest absolute Gasteiger partial charge is 0.460 e. The Morgan fingerprint density at radius 2 is 2.29 bits per heavy atom. The molecule has 1 aromatic rings. The number of hydrogen-bond acceptors (Lipinski definition) is 4. The van der Waals surface area contributed by atoms with E-state index in [1.165, 1.54) is 0 Å². The standard InChI is InChI=1S/C10H9NO3/c11-8-2-1-6-3-7(5-12)10(13)14-9(6)4-8/h1-5,10,13H,11H2. The lowest BCUT2D eigenvalue weighted by atomic mass is 10.1. The van der Waals surface area contributed by atoms with E-state index >= 15 is 0 Å².